The minimum Gasteiger partial charge on any atom is -0.436 e. The minimum absolute atomic E-state index is 0.278. The maximum absolute atomic E-state index is 13.3. The molecule has 1 heterocycles. The number of halogens is 2. The van der Waals surface area contributed by atoms with Crippen molar-refractivity contribution in [2.24, 2.45) is 0 Å². The third-order valence-corrected chi connectivity index (χ3v) is 2.31. The van der Waals surface area contributed by atoms with Gasteiger partial charge in [-0.25, -0.2) is 13.8 Å². The van der Waals surface area contributed by atoms with Crippen molar-refractivity contribution < 1.29 is 13.5 Å². The van der Waals surface area contributed by atoms with Crippen LogP contribution in [0.2, 0.25) is 0 Å². The molecule has 0 fully saturated rings. The molecule has 5 heteroatoms. The molecular weight excluding hydrogens is 226 g/mol. The molecule has 2 rings (SSSR count). The van der Waals surface area contributed by atoms with Gasteiger partial charge in [0.05, 0.1) is 6.20 Å². The van der Waals surface area contributed by atoms with Gasteiger partial charge in [-0.2, -0.15) is 0 Å². The second-order valence-electron chi connectivity index (χ2n) is 3.51. The monoisotopic (exact) mass is 236 g/mol. The molecule has 0 saturated heterocycles. The minimum atomic E-state index is -0.855. The molecule has 0 aliphatic carbocycles. The lowest BCUT2D eigenvalue weighted by atomic mass is 10.2. The van der Waals surface area contributed by atoms with E-state index in [2.05, 4.69) is 4.98 Å². The number of nitrogen functional groups attached to an aromatic ring is 1. The number of hydrogen-bond acceptors (Lipinski definition) is 3. The van der Waals surface area contributed by atoms with Gasteiger partial charge in [-0.05, 0) is 19.1 Å². The average molecular weight is 236 g/mol. The molecule has 0 spiro atoms. The highest BCUT2D eigenvalue weighted by molar-refractivity contribution is 5.53. The normalized spacial score (nSPS) is 10.3. The van der Waals surface area contributed by atoms with E-state index >= 15 is 0 Å². The van der Waals surface area contributed by atoms with Gasteiger partial charge in [-0.3, -0.25) is 0 Å². The fourth-order valence-electron chi connectivity index (χ4n) is 1.32. The van der Waals surface area contributed by atoms with E-state index in [1.807, 2.05) is 0 Å². The third kappa shape index (κ3) is 2.33. The summed E-state index contributed by atoms with van der Waals surface area (Å²) in [5.41, 5.74) is 6.89. The molecule has 1 aromatic carbocycles. The van der Waals surface area contributed by atoms with Crippen LogP contribution in [0.25, 0.3) is 0 Å². The molecular formula is C12H10F2N2O. The number of pyridine rings is 1. The number of anilines is 1. The summed E-state index contributed by atoms with van der Waals surface area (Å²) in [7, 11) is 0. The second kappa shape index (κ2) is 4.37. The predicted molar refractivity (Wildman–Crippen MR) is 59.8 cm³/mol. The highest BCUT2D eigenvalue weighted by Crippen LogP contribution is 2.28. The van der Waals surface area contributed by atoms with Gasteiger partial charge in [0.1, 0.15) is 11.6 Å². The van der Waals surface area contributed by atoms with E-state index < -0.39 is 11.6 Å². The molecule has 1 aromatic heterocycles. The number of rotatable bonds is 2. The van der Waals surface area contributed by atoms with Crippen molar-refractivity contribution in [2.75, 3.05) is 5.73 Å². The van der Waals surface area contributed by atoms with E-state index in [4.69, 9.17) is 10.5 Å². The van der Waals surface area contributed by atoms with Gasteiger partial charge in [-0.1, -0.05) is 6.07 Å². The van der Waals surface area contributed by atoms with Crippen molar-refractivity contribution in [1.82, 2.24) is 4.98 Å². The van der Waals surface area contributed by atoms with Crippen LogP contribution in [-0.2, 0) is 0 Å². The fraction of sp³-hybridized carbons (Fsp3) is 0.0833. The van der Waals surface area contributed by atoms with E-state index in [-0.39, 0.29) is 5.88 Å². The number of nitrogens with two attached hydrogens (primary N) is 1. The van der Waals surface area contributed by atoms with Crippen molar-refractivity contribution >= 4 is 5.69 Å². The van der Waals surface area contributed by atoms with E-state index in [1.165, 1.54) is 0 Å². The summed E-state index contributed by atoms with van der Waals surface area (Å²) in [5, 5.41) is 0. The Labute approximate surface area is 96.9 Å². The Morgan fingerprint density at radius 3 is 2.76 bits per heavy atom. The molecule has 0 radical (unpaired) electrons. The first-order chi connectivity index (χ1) is 8.08. The van der Waals surface area contributed by atoms with E-state index in [1.54, 1.807) is 25.1 Å². The summed E-state index contributed by atoms with van der Waals surface area (Å²) in [4.78, 5) is 3.53. The molecule has 2 aromatic rings. The van der Waals surface area contributed by atoms with E-state index in [0.717, 1.165) is 6.20 Å². The maximum Gasteiger partial charge on any atom is 0.256 e. The summed E-state index contributed by atoms with van der Waals surface area (Å²) in [5.74, 6) is -1.49. The van der Waals surface area contributed by atoms with Crippen LogP contribution >= 0.6 is 0 Å². The van der Waals surface area contributed by atoms with Gasteiger partial charge < -0.3 is 10.5 Å². The lowest BCUT2D eigenvalue weighted by Gasteiger charge is -2.09. The maximum atomic E-state index is 13.3. The summed E-state index contributed by atoms with van der Waals surface area (Å²) in [6.07, 6.45) is 0.889. The Morgan fingerprint density at radius 1 is 1.29 bits per heavy atom. The zero-order valence-electron chi connectivity index (χ0n) is 9.08. The standard InChI is InChI=1S/C12H10F2N2O/c1-7-10(15)3-2-4-11(7)17-12-9(14)5-8(13)6-16-12/h2-6H,15H2,1H3. The zero-order valence-corrected chi connectivity index (χ0v) is 9.08. The highest BCUT2D eigenvalue weighted by atomic mass is 19.1. The number of hydrogen-bond donors (Lipinski definition) is 1. The second-order valence-corrected chi connectivity index (χ2v) is 3.51. The molecule has 0 saturated carbocycles. The molecule has 0 bridgehead atoms. The molecule has 0 atom stereocenters. The van der Waals surface area contributed by atoms with Crippen molar-refractivity contribution in [3.63, 3.8) is 0 Å². The molecule has 17 heavy (non-hydrogen) atoms. The lowest BCUT2D eigenvalue weighted by Crippen LogP contribution is -1.97. The molecule has 0 aliphatic heterocycles. The van der Waals surface area contributed by atoms with Crippen LogP contribution in [0.4, 0.5) is 14.5 Å². The zero-order chi connectivity index (χ0) is 12.4. The smallest absolute Gasteiger partial charge is 0.256 e. The summed E-state index contributed by atoms with van der Waals surface area (Å²) >= 11 is 0. The van der Waals surface area contributed by atoms with Gasteiger partial charge in [0, 0.05) is 17.3 Å². The third-order valence-electron chi connectivity index (χ3n) is 2.31. The van der Waals surface area contributed by atoms with Gasteiger partial charge in [0.15, 0.2) is 5.82 Å². The Hall–Kier alpha value is -2.17. The lowest BCUT2D eigenvalue weighted by molar-refractivity contribution is 0.414. The molecule has 2 N–H and O–H groups in total. The highest BCUT2D eigenvalue weighted by Gasteiger charge is 2.10. The average Bonchev–Trinajstić information content (AvgIpc) is 2.28. The quantitative estimate of drug-likeness (QED) is 0.815. The first kappa shape index (κ1) is 11.3. The first-order valence-corrected chi connectivity index (χ1v) is 4.92. The number of aromatic nitrogens is 1. The van der Waals surface area contributed by atoms with Crippen LogP contribution in [0.5, 0.6) is 11.6 Å². The van der Waals surface area contributed by atoms with Gasteiger partial charge in [-0.15, -0.1) is 0 Å². The molecule has 0 aliphatic rings. The van der Waals surface area contributed by atoms with Crippen molar-refractivity contribution in [3.05, 3.63) is 47.7 Å². The predicted octanol–water partition coefficient (Wildman–Crippen LogP) is 3.04. The van der Waals surface area contributed by atoms with Gasteiger partial charge in [0.2, 0.25) is 0 Å². The Morgan fingerprint density at radius 2 is 2.06 bits per heavy atom. The Kier molecular flexibility index (Phi) is 2.91. The van der Waals surface area contributed by atoms with Crippen LogP contribution in [0.1, 0.15) is 5.56 Å². The topological polar surface area (TPSA) is 48.1 Å². The van der Waals surface area contributed by atoms with Crippen LogP contribution in [-0.4, -0.2) is 4.98 Å². The molecule has 0 unspecified atom stereocenters. The Balaban J connectivity index is 2.35. The summed E-state index contributed by atoms with van der Waals surface area (Å²) < 4.78 is 31.2. The SMILES string of the molecule is Cc1c(N)cccc1Oc1ncc(F)cc1F. The number of ether oxygens (including phenoxy) is 1. The molecule has 88 valence electrons. The Bertz CT molecular complexity index is 558. The molecule has 0 amide bonds. The van der Waals surface area contributed by atoms with Crippen LogP contribution < -0.4 is 10.5 Å². The summed E-state index contributed by atoms with van der Waals surface area (Å²) in [6.45, 7) is 1.74. The van der Waals surface area contributed by atoms with Crippen molar-refractivity contribution in [2.45, 2.75) is 6.92 Å². The summed E-state index contributed by atoms with van der Waals surface area (Å²) in [6, 6.07) is 5.73. The van der Waals surface area contributed by atoms with Crippen LogP contribution in [0.15, 0.2) is 30.5 Å². The number of benzene rings is 1. The largest absolute Gasteiger partial charge is 0.436 e. The van der Waals surface area contributed by atoms with E-state index in [0.29, 0.717) is 23.1 Å². The van der Waals surface area contributed by atoms with Crippen molar-refractivity contribution in [3.8, 4) is 11.6 Å². The van der Waals surface area contributed by atoms with Crippen LogP contribution in [0, 0.1) is 18.6 Å². The van der Waals surface area contributed by atoms with Crippen LogP contribution in [0.3, 0.4) is 0 Å². The first-order valence-electron chi connectivity index (χ1n) is 4.92. The molecule has 3 nitrogen and oxygen atoms in total. The van der Waals surface area contributed by atoms with Crippen molar-refractivity contribution in [1.29, 1.82) is 0 Å². The van der Waals surface area contributed by atoms with E-state index in [9.17, 15) is 8.78 Å². The number of nitrogens with zero attached hydrogens (tertiary/aromatic N) is 1. The van der Waals surface area contributed by atoms with Gasteiger partial charge >= 0.3 is 0 Å². The van der Waals surface area contributed by atoms with Gasteiger partial charge in [0.25, 0.3) is 5.88 Å². The fourth-order valence-corrected chi connectivity index (χ4v) is 1.32.